The van der Waals surface area contributed by atoms with Crippen LogP contribution in [0.5, 0.6) is 5.75 Å². The first-order valence-corrected chi connectivity index (χ1v) is 9.77. The smallest absolute Gasteiger partial charge is 0.422 e. The summed E-state index contributed by atoms with van der Waals surface area (Å²) >= 11 is 0. The Morgan fingerprint density at radius 1 is 1.25 bits per heavy atom. The van der Waals surface area contributed by atoms with Crippen molar-refractivity contribution in [2.24, 2.45) is 0 Å². The van der Waals surface area contributed by atoms with E-state index in [1.54, 1.807) is 18.3 Å². The third-order valence-corrected chi connectivity index (χ3v) is 4.92. The van der Waals surface area contributed by atoms with Crippen LogP contribution in [-0.4, -0.2) is 66.7 Å². The number of piperazine rings is 1. The fourth-order valence-corrected chi connectivity index (χ4v) is 3.25. The number of nitrogens with one attached hydrogen (secondary N) is 1. The summed E-state index contributed by atoms with van der Waals surface area (Å²) in [6.07, 6.45) is -2.94. The van der Waals surface area contributed by atoms with Gasteiger partial charge in [0, 0.05) is 50.6 Å². The molecule has 1 aromatic carbocycles. The molecule has 2 aromatic rings. The topological polar surface area (TPSA) is 101 Å². The second-order valence-electron chi connectivity index (χ2n) is 7.30. The van der Waals surface area contributed by atoms with Gasteiger partial charge in [0.25, 0.3) is 11.6 Å². The largest absolute Gasteiger partial charge is 0.484 e. The number of anilines is 1. The van der Waals surface area contributed by atoms with E-state index in [2.05, 4.69) is 24.8 Å². The fourth-order valence-electron chi connectivity index (χ4n) is 3.25. The number of benzene rings is 1. The molecule has 172 valence electrons. The summed E-state index contributed by atoms with van der Waals surface area (Å²) in [5.74, 6) is -0.391. The summed E-state index contributed by atoms with van der Waals surface area (Å²) in [6, 6.07) is 6.41. The lowest BCUT2D eigenvalue weighted by Crippen LogP contribution is -2.45. The molecule has 3 rings (SSSR count). The number of nitro benzene ring substituents is 1. The minimum atomic E-state index is -4.58. The molecule has 1 aliphatic heterocycles. The van der Waals surface area contributed by atoms with Crippen LogP contribution in [0.3, 0.4) is 0 Å². The Labute approximate surface area is 181 Å². The first-order valence-electron chi connectivity index (χ1n) is 9.77. The van der Waals surface area contributed by atoms with Crippen molar-refractivity contribution in [3.8, 4) is 5.75 Å². The van der Waals surface area contributed by atoms with Gasteiger partial charge in [-0.25, -0.2) is 4.98 Å². The number of carbonyl (C=O) groups excluding carboxylic acids is 1. The number of hydrogen-bond donors (Lipinski definition) is 1. The van der Waals surface area contributed by atoms with Crippen LogP contribution in [0.25, 0.3) is 0 Å². The van der Waals surface area contributed by atoms with E-state index in [1.165, 1.54) is 0 Å². The number of aromatic nitrogens is 1. The Morgan fingerprint density at radius 3 is 2.62 bits per heavy atom. The molecule has 0 unspecified atom stereocenters. The highest BCUT2D eigenvalue weighted by Gasteiger charge is 2.29. The van der Waals surface area contributed by atoms with Crippen LogP contribution in [0.2, 0.25) is 0 Å². The maximum atomic E-state index is 12.7. The molecule has 0 aliphatic carbocycles. The molecular formula is C20H22F3N5O4. The van der Waals surface area contributed by atoms with E-state index in [0.29, 0.717) is 5.82 Å². The van der Waals surface area contributed by atoms with Gasteiger partial charge in [-0.15, -0.1) is 0 Å². The van der Waals surface area contributed by atoms with Crippen molar-refractivity contribution in [3.05, 3.63) is 57.8 Å². The normalized spacial score (nSPS) is 14.8. The summed E-state index contributed by atoms with van der Waals surface area (Å²) in [5.41, 5.74) is -0.204. The van der Waals surface area contributed by atoms with Gasteiger partial charge in [-0.1, -0.05) is 6.07 Å². The average molecular weight is 453 g/mol. The van der Waals surface area contributed by atoms with Crippen molar-refractivity contribution in [2.45, 2.75) is 12.7 Å². The minimum Gasteiger partial charge on any atom is -0.484 e. The summed E-state index contributed by atoms with van der Waals surface area (Å²) < 4.78 is 41.8. The van der Waals surface area contributed by atoms with Crippen LogP contribution in [0.1, 0.15) is 15.9 Å². The van der Waals surface area contributed by atoms with Gasteiger partial charge < -0.3 is 19.9 Å². The lowest BCUT2D eigenvalue weighted by molar-refractivity contribution is -0.385. The van der Waals surface area contributed by atoms with Gasteiger partial charge in [0.2, 0.25) is 0 Å². The molecule has 0 radical (unpaired) electrons. The molecule has 9 nitrogen and oxygen atoms in total. The number of carbonyl (C=O) groups is 1. The third-order valence-electron chi connectivity index (χ3n) is 4.92. The van der Waals surface area contributed by atoms with Crippen molar-refractivity contribution in [2.75, 3.05) is 44.7 Å². The second-order valence-corrected chi connectivity index (χ2v) is 7.30. The molecule has 32 heavy (non-hydrogen) atoms. The number of ether oxygens (including phenoxy) is 1. The van der Waals surface area contributed by atoms with E-state index in [1.807, 2.05) is 7.05 Å². The van der Waals surface area contributed by atoms with E-state index in [-0.39, 0.29) is 17.9 Å². The Bertz CT molecular complexity index is 978. The number of rotatable bonds is 7. The van der Waals surface area contributed by atoms with Crippen LogP contribution in [0.4, 0.5) is 24.7 Å². The predicted octanol–water partition coefficient (Wildman–Crippen LogP) is 2.61. The SMILES string of the molecule is CN1CCN(c2ncccc2CNC(=O)c2cc(OCC(F)(F)F)ccc2[N+](=O)[O-])CC1. The Hall–Kier alpha value is -3.41. The number of pyridine rings is 1. The van der Waals surface area contributed by atoms with Crippen LogP contribution >= 0.6 is 0 Å². The molecule has 1 amide bonds. The van der Waals surface area contributed by atoms with Gasteiger partial charge >= 0.3 is 6.18 Å². The average Bonchev–Trinajstić information content (AvgIpc) is 2.76. The van der Waals surface area contributed by atoms with E-state index in [4.69, 9.17) is 0 Å². The molecule has 0 spiro atoms. The monoisotopic (exact) mass is 453 g/mol. The van der Waals surface area contributed by atoms with Gasteiger partial charge in [0.1, 0.15) is 17.1 Å². The van der Waals surface area contributed by atoms with Crippen molar-refractivity contribution >= 4 is 17.4 Å². The molecule has 1 aliphatic rings. The van der Waals surface area contributed by atoms with E-state index < -0.39 is 29.3 Å². The van der Waals surface area contributed by atoms with E-state index in [9.17, 15) is 28.1 Å². The Kier molecular flexibility index (Phi) is 7.13. The molecule has 2 heterocycles. The Balaban J connectivity index is 1.75. The lowest BCUT2D eigenvalue weighted by atomic mass is 10.1. The van der Waals surface area contributed by atoms with Crippen molar-refractivity contribution in [1.82, 2.24) is 15.2 Å². The highest BCUT2D eigenvalue weighted by molar-refractivity contribution is 5.98. The molecule has 0 atom stereocenters. The van der Waals surface area contributed by atoms with Gasteiger partial charge in [-0.05, 0) is 25.2 Å². The van der Waals surface area contributed by atoms with Crippen molar-refractivity contribution in [3.63, 3.8) is 0 Å². The quantitative estimate of drug-likeness (QED) is 0.508. The molecule has 1 aromatic heterocycles. The first-order chi connectivity index (χ1) is 15.1. The standard InChI is InChI=1S/C20H22F3N5O4/c1-26-7-9-27(10-8-26)18-14(3-2-6-24-18)12-25-19(29)16-11-15(32-13-20(21,22)23)4-5-17(16)28(30)31/h2-6,11H,7-10,12-13H2,1H3,(H,25,29). The van der Waals surface area contributed by atoms with Crippen molar-refractivity contribution in [1.29, 1.82) is 0 Å². The highest BCUT2D eigenvalue weighted by Crippen LogP contribution is 2.26. The fraction of sp³-hybridized carbons (Fsp3) is 0.400. The number of hydrogen-bond acceptors (Lipinski definition) is 7. The van der Waals surface area contributed by atoms with Gasteiger partial charge in [0.15, 0.2) is 6.61 Å². The molecule has 1 fully saturated rings. The maximum Gasteiger partial charge on any atom is 0.422 e. The summed E-state index contributed by atoms with van der Waals surface area (Å²) in [7, 11) is 2.02. The number of likely N-dealkylation sites (N-methyl/N-ethyl adjacent to an activating group) is 1. The summed E-state index contributed by atoms with van der Waals surface area (Å²) in [6.45, 7) is 1.71. The number of nitro groups is 1. The number of alkyl halides is 3. The zero-order chi connectivity index (χ0) is 23.3. The first kappa shape index (κ1) is 23.3. The van der Waals surface area contributed by atoms with Gasteiger partial charge in [-0.2, -0.15) is 13.2 Å². The number of nitrogens with zero attached hydrogens (tertiary/aromatic N) is 4. The van der Waals surface area contributed by atoms with Crippen LogP contribution in [-0.2, 0) is 6.54 Å². The molecular weight excluding hydrogens is 431 g/mol. The highest BCUT2D eigenvalue weighted by atomic mass is 19.4. The van der Waals surface area contributed by atoms with Crippen molar-refractivity contribution < 1.29 is 27.6 Å². The summed E-state index contributed by atoms with van der Waals surface area (Å²) in [4.78, 5) is 31.9. The minimum absolute atomic E-state index is 0.0408. The Morgan fingerprint density at radius 2 is 1.97 bits per heavy atom. The molecule has 1 saturated heterocycles. The number of amides is 1. The summed E-state index contributed by atoms with van der Waals surface area (Å²) in [5, 5.41) is 13.9. The number of halogens is 3. The zero-order valence-corrected chi connectivity index (χ0v) is 17.3. The van der Waals surface area contributed by atoms with E-state index >= 15 is 0 Å². The third kappa shape index (κ3) is 6.06. The van der Waals surface area contributed by atoms with Crippen LogP contribution in [0, 0.1) is 10.1 Å². The maximum absolute atomic E-state index is 12.7. The molecule has 0 bridgehead atoms. The lowest BCUT2D eigenvalue weighted by Gasteiger charge is -2.34. The van der Waals surface area contributed by atoms with Gasteiger partial charge in [0.05, 0.1) is 4.92 Å². The molecule has 0 saturated carbocycles. The zero-order valence-electron chi connectivity index (χ0n) is 17.3. The second kappa shape index (κ2) is 9.81. The van der Waals surface area contributed by atoms with Crippen LogP contribution in [0.15, 0.2) is 36.5 Å². The predicted molar refractivity (Wildman–Crippen MR) is 110 cm³/mol. The molecule has 1 N–H and O–H groups in total. The van der Waals surface area contributed by atoms with E-state index in [0.717, 1.165) is 49.9 Å². The molecule has 12 heteroatoms. The van der Waals surface area contributed by atoms with Crippen LogP contribution < -0.4 is 15.0 Å². The van der Waals surface area contributed by atoms with Gasteiger partial charge in [-0.3, -0.25) is 14.9 Å².